The number of carboxylic acids is 2. The van der Waals surface area contributed by atoms with E-state index < -0.39 is 18.0 Å². The van der Waals surface area contributed by atoms with Crippen molar-refractivity contribution in [3.05, 3.63) is 64.7 Å². The van der Waals surface area contributed by atoms with Crippen molar-refractivity contribution in [3.63, 3.8) is 0 Å². The number of hydrogen-bond donors (Lipinski definition) is 3. The zero-order valence-electron chi connectivity index (χ0n) is 21.1. The number of carbonyl (C=O) groups excluding carboxylic acids is 1. The quantitative estimate of drug-likeness (QED) is 0.387. The van der Waals surface area contributed by atoms with Crippen LogP contribution in [-0.2, 0) is 27.2 Å². The first-order valence-electron chi connectivity index (χ1n) is 12.1. The van der Waals surface area contributed by atoms with Crippen LogP contribution in [-0.4, -0.2) is 59.0 Å². The smallest absolute Gasteiger partial charge is 0.407 e. The number of amides is 1. The molecule has 0 bridgehead atoms. The SMILES string of the molecule is CC(C)OC(=O)NCc1cc(OCCC2N=C(c3ccc(C(=O)O)cc3)OC2C)ccc1CCC(=O)O. The van der Waals surface area contributed by atoms with Crippen molar-refractivity contribution in [3.8, 4) is 5.75 Å². The summed E-state index contributed by atoms with van der Waals surface area (Å²) in [6.07, 6.45) is -0.0753. The zero-order valence-corrected chi connectivity index (χ0v) is 21.1. The number of aryl methyl sites for hydroxylation is 1. The van der Waals surface area contributed by atoms with Crippen LogP contribution in [0.2, 0.25) is 0 Å². The number of nitrogens with one attached hydrogen (secondary N) is 1. The van der Waals surface area contributed by atoms with Gasteiger partial charge in [0.25, 0.3) is 0 Å². The lowest BCUT2D eigenvalue weighted by Gasteiger charge is -2.16. The van der Waals surface area contributed by atoms with Gasteiger partial charge in [-0.05, 0) is 74.7 Å². The maximum atomic E-state index is 11.9. The number of carbonyl (C=O) groups is 3. The molecule has 10 nitrogen and oxygen atoms in total. The summed E-state index contributed by atoms with van der Waals surface area (Å²) in [6.45, 7) is 5.97. The Morgan fingerprint density at radius 3 is 2.46 bits per heavy atom. The second-order valence-electron chi connectivity index (χ2n) is 8.98. The van der Waals surface area contributed by atoms with E-state index in [1.165, 1.54) is 12.1 Å². The summed E-state index contributed by atoms with van der Waals surface area (Å²) in [5.41, 5.74) is 2.47. The van der Waals surface area contributed by atoms with Gasteiger partial charge >= 0.3 is 18.0 Å². The molecule has 3 rings (SSSR count). The maximum Gasteiger partial charge on any atom is 0.407 e. The molecule has 3 N–H and O–H groups in total. The Balaban J connectivity index is 1.61. The van der Waals surface area contributed by atoms with Crippen LogP contribution in [0.25, 0.3) is 0 Å². The number of aliphatic imine (C=N–C) groups is 1. The molecule has 0 fully saturated rings. The number of aliphatic carboxylic acids is 1. The molecule has 2 aromatic rings. The van der Waals surface area contributed by atoms with Crippen molar-refractivity contribution in [2.75, 3.05) is 6.61 Å². The first-order valence-corrected chi connectivity index (χ1v) is 12.1. The number of aromatic carboxylic acids is 1. The minimum absolute atomic E-state index is 0.0252. The van der Waals surface area contributed by atoms with Gasteiger partial charge in [-0.3, -0.25) is 4.79 Å². The number of ether oxygens (including phenoxy) is 3. The molecule has 0 saturated heterocycles. The lowest BCUT2D eigenvalue weighted by atomic mass is 10.0. The standard InChI is InChI=1S/C27H32N2O8/c1-16(2)36-27(34)28-15-21-14-22(10-8-18(21)9-11-24(30)31)35-13-12-23-17(3)37-25(29-23)19-4-6-20(7-5-19)26(32)33/h4-8,10,14,16-17,23H,9,11-13,15H2,1-3H3,(H,28,34)(H,30,31)(H,32,33). The first kappa shape index (κ1) is 27.5. The predicted molar refractivity (Wildman–Crippen MR) is 135 cm³/mol. The Bertz CT molecular complexity index is 1140. The Labute approximate surface area is 215 Å². The Hall–Kier alpha value is -4.08. The zero-order chi connectivity index (χ0) is 26.9. The van der Waals surface area contributed by atoms with Crippen molar-refractivity contribution < 1.29 is 38.8 Å². The fourth-order valence-corrected chi connectivity index (χ4v) is 3.80. The number of hydrogen-bond acceptors (Lipinski definition) is 7. The van der Waals surface area contributed by atoms with Crippen molar-refractivity contribution in [1.29, 1.82) is 0 Å². The molecule has 1 aliphatic rings. The van der Waals surface area contributed by atoms with Crippen molar-refractivity contribution >= 4 is 23.9 Å². The highest BCUT2D eigenvalue weighted by Crippen LogP contribution is 2.23. The molecule has 10 heteroatoms. The van der Waals surface area contributed by atoms with Crippen LogP contribution in [0, 0.1) is 0 Å². The van der Waals surface area contributed by atoms with E-state index in [1.54, 1.807) is 44.2 Å². The Kier molecular flexibility index (Phi) is 9.48. The van der Waals surface area contributed by atoms with Gasteiger partial charge in [-0.25, -0.2) is 14.6 Å². The molecule has 0 spiro atoms. The highest BCUT2D eigenvalue weighted by atomic mass is 16.6. The van der Waals surface area contributed by atoms with Gasteiger partial charge in [0, 0.05) is 24.9 Å². The number of carboxylic acid groups (broad SMARTS) is 2. The number of benzene rings is 2. The van der Waals surface area contributed by atoms with Gasteiger partial charge in [-0.15, -0.1) is 0 Å². The van der Waals surface area contributed by atoms with E-state index in [0.29, 0.717) is 36.7 Å². The Morgan fingerprint density at radius 2 is 1.81 bits per heavy atom. The van der Waals surface area contributed by atoms with Gasteiger partial charge in [-0.2, -0.15) is 0 Å². The molecule has 2 atom stereocenters. The van der Waals surface area contributed by atoms with Gasteiger partial charge < -0.3 is 29.7 Å². The highest BCUT2D eigenvalue weighted by molar-refractivity contribution is 5.96. The van der Waals surface area contributed by atoms with E-state index >= 15 is 0 Å². The monoisotopic (exact) mass is 512 g/mol. The third kappa shape index (κ3) is 8.23. The van der Waals surface area contributed by atoms with Crippen LogP contribution in [0.1, 0.15) is 60.7 Å². The maximum absolute atomic E-state index is 11.9. The van der Waals surface area contributed by atoms with E-state index in [1.807, 2.05) is 6.92 Å². The fraction of sp³-hybridized carbons (Fsp3) is 0.407. The second kappa shape index (κ2) is 12.8. The summed E-state index contributed by atoms with van der Waals surface area (Å²) in [7, 11) is 0. The molecule has 0 saturated carbocycles. The summed E-state index contributed by atoms with van der Waals surface area (Å²) >= 11 is 0. The summed E-state index contributed by atoms with van der Waals surface area (Å²) in [5, 5.41) is 20.8. The van der Waals surface area contributed by atoms with Crippen molar-refractivity contribution in [2.45, 2.75) is 64.8 Å². The third-order valence-electron chi connectivity index (χ3n) is 5.74. The lowest BCUT2D eigenvalue weighted by molar-refractivity contribution is -0.136. The molecule has 1 heterocycles. The molecule has 2 aromatic carbocycles. The van der Waals surface area contributed by atoms with Crippen LogP contribution in [0.15, 0.2) is 47.5 Å². The molecule has 0 aromatic heterocycles. The van der Waals surface area contributed by atoms with E-state index in [-0.39, 0.29) is 36.8 Å². The molecular formula is C27H32N2O8. The van der Waals surface area contributed by atoms with Crippen LogP contribution in [0.5, 0.6) is 5.75 Å². The topological polar surface area (TPSA) is 144 Å². The van der Waals surface area contributed by atoms with E-state index in [9.17, 15) is 14.4 Å². The Morgan fingerprint density at radius 1 is 1.08 bits per heavy atom. The number of rotatable bonds is 12. The molecular weight excluding hydrogens is 480 g/mol. The summed E-state index contributed by atoms with van der Waals surface area (Å²) in [4.78, 5) is 38.6. The van der Waals surface area contributed by atoms with Crippen molar-refractivity contribution in [2.24, 2.45) is 4.99 Å². The number of alkyl carbamates (subject to hydrolysis) is 1. The summed E-state index contributed by atoms with van der Waals surface area (Å²) in [5.74, 6) is -0.829. The molecule has 0 aliphatic carbocycles. The molecule has 0 radical (unpaired) electrons. The van der Waals surface area contributed by atoms with Gasteiger partial charge in [0.2, 0.25) is 5.90 Å². The molecule has 1 amide bonds. The number of nitrogens with zero attached hydrogens (tertiary/aromatic N) is 1. The second-order valence-corrected chi connectivity index (χ2v) is 8.98. The van der Waals surface area contributed by atoms with Crippen LogP contribution in [0.4, 0.5) is 4.79 Å². The summed E-state index contributed by atoms with van der Waals surface area (Å²) < 4.78 is 16.9. The minimum Gasteiger partial charge on any atom is -0.494 e. The molecule has 1 aliphatic heterocycles. The van der Waals surface area contributed by atoms with Crippen LogP contribution >= 0.6 is 0 Å². The lowest BCUT2D eigenvalue weighted by Crippen LogP contribution is -2.26. The van der Waals surface area contributed by atoms with Gasteiger partial charge in [-0.1, -0.05) is 6.07 Å². The molecule has 198 valence electrons. The minimum atomic E-state index is -0.992. The molecule has 2 unspecified atom stereocenters. The van der Waals surface area contributed by atoms with Crippen LogP contribution < -0.4 is 10.1 Å². The first-order chi connectivity index (χ1) is 17.6. The molecule has 37 heavy (non-hydrogen) atoms. The van der Waals surface area contributed by atoms with Crippen LogP contribution in [0.3, 0.4) is 0 Å². The fourth-order valence-electron chi connectivity index (χ4n) is 3.80. The highest BCUT2D eigenvalue weighted by Gasteiger charge is 2.28. The van der Waals surface area contributed by atoms with E-state index in [4.69, 9.17) is 24.4 Å². The van der Waals surface area contributed by atoms with Gasteiger partial charge in [0.1, 0.15) is 11.9 Å². The largest absolute Gasteiger partial charge is 0.494 e. The van der Waals surface area contributed by atoms with E-state index in [2.05, 4.69) is 10.3 Å². The van der Waals surface area contributed by atoms with Crippen molar-refractivity contribution in [1.82, 2.24) is 5.32 Å². The average Bonchev–Trinajstić information content (AvgIpc) is 3.22. The third-order valence-corrected chi connectivity index (χ3v) is 5.74. The average molecular weight is 513 g/mol. The normalized spacial score (nSPS) is 16.6. The summed E-state index contributed by atoms with van der Waals surface area (Å²) in [6, 6.07) is 11.6. The van der Waals surface area contributed by atoms with E-state index in [0.717, 1.165) is 11.1 Å². The van der Waals surface area contributed by atoms with Gasteiger partial charge in [0.15, 0.2) is 0 Å². The predicted octanol–water partition coefficient (Wildman–Crippen LogP) is 4.04. The van der Waals surface area contributed by atoms with Gasteiger partial charge in [0.05, 0.1) is 24.3 Å².